The fraction of sp³-hybridized carbons (Fsp3) is 0.952. The van der Waals surface area contributed by atoms with Crippen LogP contribution in [0.15, 0.2) is 0 Å². The number of esters is 3. The summed E-state index contributed by atoms with van der Waals surface area (Å²) in [4.78, 5) is 38.3. The van der Waals surface area contributed by atoms with Gasteiger partial charge in [0.05, 0.1) is 0 Å². The first kappa shape index (κ1) is 67.4. The highest BCUT2D eigenvalue weighted by molar-refractivity contribution is 5.71. The minimum absolute atomic E-state index is 0.0628. The third-order valence-electron chi connectivity index (χ3n) is 14.4. The average Bonchev–Trinajstić information content (AvgIpc) is 3.31. The van der Waals surface area contributed by atoms with Crippen LogP contribution in [0.4, 0.5) is 0 Å². The third-order valence-corrected chi connectivity index (χ3v) is 14.4. The predicted octanol–water partition coefficient (Wildman–Crippen LogP) is 20.7. The van der Waals surface area contributed by atoms with Gasteiger partial charge in [-0.05, 0) is 37.0 Å². The van der Waals surface area contributed by atoms with Crippen molar-refractivity contribution in [1.82, 2.24) is 0 Å². The molecule has 0 saturated carbocycles. The molecule has 0 rings (SSSR count). The van der Waals surface area contributed by atoms with Gasteiger partial charge < -0.3 is 14.2 Å². The highest BCUT2D eigenvalue weighted by Gasteiger charge is 2.19. The number of rotatable bonds is 56. The van der Waals surface area contributed by atoms with Crippen molar-refractivity contribution in [3.05, 3.63) is 0 Å². The molecule has 6 nitrogen and oxygen atoms in total. The molecule has 0 aliphatic carbocycles. The molecule has 0 N–H and O–H groups in total. The van der Waals surface area contributed by atoms with Crippen LogP contribution in [0, 0.1) is 17.8 Å². The van der Waals surface area contributed by atoms with Crippen LogP contribution in [0.1, 0.15) is 350 Å². The third kappa shape index (κ3) is 57.2. The molecular weight excluding hydrogens is 853 g/mol. The van der Waals surface area contributed by atoms with E-state index in [0.29, 0.717) is 19.3 Å². The Labute approximate surface area is 431 Å². The van der Waals surface area contributed by atoms with Crippen molar-refractivity contribution in [2.45, 2.75) is 356 Å². The van der Waals surface area contributed by atoms with E-state index in [0.717, 1.165) is 75.5 Å². The summed E-state index contributed by atoms with van der Waals surface area (Å²) >= 11 is 0. The molecule has 0 aromatic heterocycles. The van der Waals surface area contributed by atoms with Gasteiger partial charge in [0.2, 0.25) is 0 Å². The first-order valence-electron chi connectivity index (χ1n) is 31.1. The molecule has 0 heterocycles. The molecule has 1 atom stereocenters. The van der Waals surface area contributed by atoms with Gasteiger partial charge in [-0.2, -0.15) is 0 Å². The van der Waals surface area contributed by atoms with Crippen molar-refractivity contribution in [3.8, 4) is 0 Å². The summed E-state index contributed by atoms with van der Waals surface area (Å²) in [6, 6.07) is 0. The van der Waals surface area contributed by atoms with Gasteiger partial charge in [0, 0.05) is 19.3 Å². The van der Waals surface area contributed by atoms with E-state index >= 15 is 0 Å². The van der Waals surface area contributed by atoms with E-state index in [4.69, 9.17) is 14.2 Å². The molecule has 6 heteroatoms. The molecule has 0 fully saturated rings. The second kappa shape index (κ2) is 54.2. The van der Waals surface area contributed by atoms with Crippen molar-refractivity contribution in [1.29, 1.82) is 0 Å². The minimum atomic E-state index is -0.764. The Hall–Kier alpha value is -1.59. The summed E-state index contributed by atoms with van der Waals surface area (Å²) in [5, 5.41) is 0. The van der Waals surface area contributed by atoms with Crippen LogP contribution in [0.2, 0.25) is 0 Å². The van der Waals surface area contributed by atoms with Gasteiger partial charge in [0.25, 0.3) is 0 Å². The Morgan fingerprint density at radius 2 is 0.420 bits per heavy atom. The lowest BCUT2D eigenvalue weighted by atomic mass is 10.0. The SMILES string of the molecule is CC(C)CCCCCCCCCCCCCCCCCCC(=O)OC[C@@H](COC(=O)CCCCCCCCCCCCCC(C)C)OC(=O)CCCCCCCCCCCCCCCCCC(C)C. The lowest BCUT2D eigenvalue weighted by Gasteiger charge is -2.18. The second-order valence-electron chi connectivity index (χ2n) is 23.1. The van der Waals surface area contributed by atoms with E-state index < -0.39 is 6.10 Å². The van der Waals surface area contributed by atoms with Gasteiger partial charge in [0.15, 0.2) is 6.10 Å². The van der Waals surface area contributed by atoms with Crippen molar-refractivity contribution in [2.24, 2.45) is 17.8 Å². The molecule has 0 aromatic rings. The summed E-state index contributed by atoms with van der Waals surface area (Å²) in [6.07, 6.45) is 58.1. The molecule has 69 heavy (non-hydrogen) atoms. The average molecular weight is 976 g/mol. The summed E-state index contributed by atoms with van der Waals surface area (Å²) in [7, 11) is 0. The highest BCUT2D eigenvalue weighted by Crippen LogP contribution is 2.19. The molecule has 0 saturated heterocycles. The van der Waals surface area contributed by atoms with Crippen molar-refractivity contribution >= 4 is 17.9 Å². The quantitative estimate of drug-likeness (QED) is 0.0343. The zero-order valence-corrected chi connectivity index (χ0v) is 47.6. The Kier molecular flexibility index (Phi) is 52.9. The Morgan fingerprint density at radius 1 is 0.246 bits per heavy atom. The molecule has 0 aliphatic rings. The van der Waals surface area contributed by atoms with E-state index in [9.17, 15) is 14.4 Å². The first-order chi connectivity index (χ1) is 33.6. The van der Waals surface area contributed by atoms with Crippen molar-refractivity contribution in [3.63, 3.8) is 0 Å². The largest absolute Gasteiger partial charge is 0.462 e. The van der Waals surface area contributed by atoms with Crippen LogP contribution in [-0.4, -0.2) is 37.2 Å². The summed E-state index contributed by atoms with van der Waals surface area (Å²) in [5.41, 5.74) is 0. The number of carbonyl (C=O) groups is 3. The van der Waals surface area contributed by atoms with Crippen LogP contribution in [-0.2, 0) is 28.6 Å². The lowest BCUT2D eigenvalue weighted by Crippen LogP contribution is -2.30. The Morgan fingerprint density at radius 3 is 0.623 bits per heavy atom. The van der Waals surface area contributed by atoms with Crippen molar-refractivity contribution in [2.75, 3.05) is 13.2 Å². The van der Waals surface area contributed by atoms with Gasteiger partial charge in [-0.3, -0.25) is 14.4 Å². The molecular formula is C63H122O6. The van der Waals surface area contributed by atoms with Crippen LogP contribution >= 0.6 is 0 Å². The smallest absolute Gasteiger partial charge is 0.306 e. The van der Waals surface area contributed by atoms with Crippen molar-refractivity contribution < 1.29 is 28.6 Å². The van der Waals surface area contributed by atoms with E-state index in [1.807, 2.05) is 0 Å². The molecule has 0 aliphatic heterocycles. The number of carbonyl (C=O) groups excluding carboxylic acids is 3. The Bertz CT molecular complexity index is 1070. The number of unbranched alkanes of at least 4 members (excludes halogenated alkanes) is 39. The molecule has 0 radical (unpaired) electrons. The first-order valence-corrected chi connectivity index (χ1v) is 31.1. The fourth-order valence-electron chi connectivity index (χ4n) is 9.71. The maximum Gasteiger partial charge on any atom is 0.306 e. The molecule has 0 aromatic carbocycles. The topological polar surface area (TPSA) is 78.9 Å². The lowest BCUT2D eigenvalue weighted by molar-refractivity contribution is -0.167. The van der Waals surface area contributed by atoms with Gasteiger partial charge in [0.1, 0.15) is 13.2 Å². The minimum Gasteiger partial charge on any atom is -0.462 e. The van der Waals surface area contributed by atoms with Gasteiger partial charge in [-0.1, -0.05) is 311 Å². The molecule has 0 spiro atoms. The number of ether oxygens (including phenoxy) is 3. The van der Waals surface area contributed by atoms with Crippen LogP contribution < -0.4 is 0 Å². The standard InChI is InChI=1S/C63H122O6/c1-57(2)49-43-37-31-25-19-14-10-7-8-12-16-22-28-34-40-46-52-61(64)67-55-60(56-68-62(65)53-47-41-35-29-24-18-21-27-33-39-45-51-59(5)6)69-63(66)54-48-42-36-30-23-17-13-9-11-15-20-26-32-38-44-50-58(3)4/h57-60H,7-56H2,1-6H3/t60-/m0/s1. The zero-order valence-electron chi connectivity index (χ0n) is 47.6. The van der Waals surface area contributed by atoms with E-state index in [1.54, 1.807) is 0 Å². The summed E-state index contributed by atoms with van der Waals surface area (Å²) in [6.45, 7) is 13.8. The summed E-state index contributed by atoms with van der Waals surface area (Å²) < 4.78 is 16.9. The fourth-order valence-corrected chi connectivity index (χ4v) is 9.71. The molecule has 0 unspecified atom stereocenters. The summed E-state index contributed by atoms with van der Waals surface area (Å²) in [5.74, 6) is 1.69. The van der Waals surface area contributed by atoms with E-state index in [2.05, 4.69) is 41.5 Å². The maximum atomic E-state index is 12.9. The molecule has 0 amide bonds. The number of hydrogen-bond acceptors (Lipinski definition) is 6. The monoisotopic (exact) mass is 975 g/mol. The van der Waals surface area contributed by atoms with Crippen LogP contribution in [0.25, 0.3) is 0 Å². The number of hydrogen-bond donors (Lipinski definition) is 0. The normalized spacial score (nSPS) is 12.1. The van der Waals surface area contributed by atoms with Crippen LogP contribution in [0.3, 0.4) is 0 Å². The molecule has 410 valence electrons. The van der Waals surface area contributed by atoms with Gasteiger partial charge in [-0.15, -0.1) is 0 Å². The maximum absolute atomic E-state index is 12.9. The van der Waals surface area contributed by atoms with Crippen LogP contribution in [0.5, 0.6) is 0 Å². The highest BCUT2D eigenvalue weighted by atomic mass is 16.6. The van der Waals surface area contributed by atoms with Gasteiger partial charge >= 0.3 is 17.9 Å². The molecule has 0 bridgehead atoms. The Balaban J connectivity index is 4.28. The van der Waals surface area contributed by atoms with Gasteiger partial charge in [-0.25, -0.2) is 0 Å². The van der Waals surface area contributed by atoms with E-state index in [1.165, 1.54) is 231 Å². The zero-order chi connectivity index (χ0) is 50.5. The van der Waals surface area contributed by atoms with E-state index in [-0.39, 0.29) is 31.1 Å². The predicted molar refractivity (Wildman–Crippen MR) is 298 cm³/mol. The second-order valence-corrected chi connectivity index (χ2v) is 23.1.